The molecule has 0 aromatic rings. The van der Waals surface area contributed by atoms with Gasteiger partial charge in [0.25, 0.3) is 0 Å². The Hall–Kier alpha value is -1.51. The number of ketones is 1. The molecule has 0 heterocycles. The Morgan fingerprint density at radius 2 is 1.32 bits per heavy atom. The van der Waals surface area contributed by atoms with Gasteiger partial charge in [0.05, 0.1) is 13.2 Å². The van der Waals surface area contributed by atoms with Crippen molar-refractivity contribution in [3.8, 4) is 0 Å². The second-order valence-electron chi connectivity index (χ2n) is 4.33. The van der Waals surface area contributed by atoms with E-state index in [1.165, 1.54) is 0 Å². The van der Waals surface area contributed by atoms with E-state index in [1.807, 2.05) is 6.92 Å². The van der Waals surface area contributed by atoms with Crippen LogP contribution in [-0.2, 0) is 28.6 Å². The van der Waals surface area contributed by atoms with Crippen LogP contribution < -0.4 is 10.6 Å². The molecule has 0 aliphatic heterocycles. The van der Waals surface area contributed by atoms with Crippen LogP contribution in [0.4, 0.5) is 0 Å². The van der Waals surface area contributed by atoms with Crippen LogP contribution in [0.1, 0.15) is 23.1 Å². The summed E-state index contributed by atoms with van der Waals surface area (Å²) in [4.78, 5) is 33.5. The minimum absolute atomic E-state index is 0. The molecule has 0 saturated carbocycles. The van der Waals surface area contributed by atoms with Crippen LogP contribution in [0.25, 0.3) is 0 Å². The maximum atomic E-state index is 11.4. The molecule has 0 aromatic carbocycles. The molecule has 0 aliphatic rings. The highest BCUT2D eigenvalue weighted by molar-refractivity contribution is 5.79. The SMILES string of the molecule is CCOCC(=O)NCCOCC(=O)NCCOCC(=O)CC.[HH].[HH]. The molecule has 0 radical (unpaired) electrons. The van der Waals surface area contributed by atoms with Crippen LogP contribution in [0.3, 0.4) is 0 Å². The van der Waals surface area contributed by atoms with Gasteiger partial charge in [-0.2, -0.15) is 0 Å². The Morgan fingerprint density at radius 3 is 1.82 bits per heavy atom. The molecule has 2 amide bonds. The lowest BCUT2D eigenvalue weighted by Crippen LogP contribution is -2.33. The maximum absolute atomic E-state index is 11.4. The molecule has 8 heteroatoms. The summed E-state index contributed by atoms with van der Waals surface area (Å²) in [5.41, 5.74) is 0. The Morgan fingerprint density at radius 1 is 0.818 bits per heavy atom. The van der Waals surface area contributed by atoms with Gasteiger partial charge < -0.3 is 24.8 Å². The Labute approximate surface area is 133 Å². The largest absolute Gasteiger partial charge is 0.372 e. The smallest absolute Gasteiger partial charge is 0.246 e. The van der Waals surface area contributed by atoms with Crippen LogP contribution in [0.15, 0.2) is 0 Å². The zero-order valence-corrected chi connectivity index (χ0v) is 13.3. The summed E-state index contributed by atoms with van der Waals surface area (Å²) in [6.45, 7) is 5.24. The van der Waals surface area contributed by atoms with E-state index < -0.39 is 0 Å². The first-order chi connectivity index (χ1) is 10.6. The Balaban J connectivity index is -0.00000220. The van der Waals surface area contributed by atoms with E-state index in [9.17, 15) is 14.4 Å². The van der Waals surface area contributed by atoms with E-state index in [0.29, 0.717) is 26.1 Å². The molecule has 0 bridgehead atoms. The third kappa shape index (κ3) is 13.5. The molecular formula is C14H30N2O6. The number of nitrogens with one attached hydrogen (secondary N) is 2. The lowest BCUT2D eigenvalue weighted by atomic mass is 10.3. The highest BCUT2D eigenvalue weighted by Gasteiger charge is 2.03. The van der Waals surface area contributed by atoms with Crippen molar-refractivity contribution in [1.82, 2.24) is 10.6 Å². The maximum Gasteiger partial charge on any atom is 0.246 e. The van der Waals surface area contributed by atoms with Crippen LogP contribution in [0.5, 0.6) is 0 Å². The molecular weight excluding hydrogens is 292 g/mol. The summed E-state index contributed by atoms with van der Waals surface area (Å²) in [6.07, 6.45) is 0.446. The van der Waals surface area contributed by atoms with E-state index in [4.69, 9.17) is 14.2 Å². The van der Waals surface area contributed by atoms with Gasteiger partial charge >= 0.3 is 0 Å². The lowest BCUT2D eigenvalue weighted by Gasteiger charge is -2.08. The second-order valence-corrected chi connectivity index (χ2v) is 4.33. The van der Waals surface area contributed by atoms with Crippen molar-refractivity contribution < 1.29 is 31.4 Å². The topological polar surface area (TPSA) is 103 Å². The summed E-state index contributed by atoms with van der Waals surface area (Å²) in [6, 6.07) is 0. The number of hydrogen-bond acceptors (Lipinski definition) is 6. The first-order valence-electron chi connectivity index (χ1n) is 7.38. The van der Waals surface area contributed by atoms with Crippen LogP contribution in [0.2, 0.25) is 0 Å². The molecule has 0 unspecified atom stereocenters. The summed E-state index contributed by atoms with van der Waals surface area (Å²) in [7, 11) is 0. The number of Topliss-reactive ketones (excluding diaryl/α,β-unsaturated/α-hetero) is 1. The Kier molecular flexibility index (Phi) is 13.4. The van der Waals surface area contributed by atoms with Gasteiger partial charge in [0.2, 0.25) is 11.8 Å². The first kappa shape index (κ1) is 20.5. The van der Waals surface area contributed by atoms with E-state index >= 15 is 0 Å². The predicted octanol–water partition coefficient (Wildman–Crippen LogP) is -0.240. The van der Waals surface area contributed by atoms with Gasteiger partial charge in [-0.1, -0.05) is 6.92 Å². The number of ether oxygens (including phenoxy) is 3. The van der Waals surface area contributed by atoms with Gasteiger partial charge in [-0.05, 0) is 6.92 Å². The minimum atomic E-state index is -0.272. The molecule has 0 saturated heterocycles. The van der Waals surface area contributed by atoms with Gasteiger partial charge in [-0.15, -0.1) is 0 Å². The average Bonchev–Trinajstić information content (AvgIpc) is 2.51. The van der Waals surface area contributed by atoms with E-state index in [2.05, 4.69) is 10.6 Å². The van der Waals surface area contributed by atoms with Gasteiger partial charge in [0.1, 0.15) is 19.8 Å². The lowest BCUT2D eigenvalue weighted by molar-refractivity contribution is -0.126. The fourth-order valence-electron chi connectivity index (χ4n) is 1.27. The van der Waals surface area contributed by atoms with Crippen LogP contribution in [-0.4, -0.2) is 70.3 Å². The van der Waals surface area contributed by atoms with Crippen molar-refractivity contribution in [1.29, 1.82) is 0 Å². The van der Waals surface area contributed by atoms with Crippen molar-refractivity contribution in [2.24, 2.45) is 0 Å². The summed E-state index contributed by atoms with van der Waals surface area (Å²) in [5.74, 6) is -0.458. The molecule has 0 atom stereocenters. The van der Waals surface area contributed by atoms with Crippen molar-refractivity contribution in [3.05, 3.63) is 0 Å². The summed E-state index contributed by atoms with van der Waals surface area (Å²) < 4.78 is 15.1. The highest BCUT2D eigenvalue weighted by atomic mass is 16.5. The van der Waals surface area contributed by atoms with Crippen LogP contribution >= 0.6 is 0 Å². The second kappa shape index (κ2) is 14.4. The average molecular weight is 322 g/mol. The number of carbonyl (C=O) groups excluding carboxylic acids is 3. The molecule has 22 heavy (non-hydrogen) atoms. The van der Waals surface area contributed by atoms with Crippen LogP contribution in [0, 0.1) is 0 Å². The fourth-order valence-corrected chi connectivity index (χ4v) is 1.27. The molecule has 8 nitrogen and oxygen atoms in total. The van der Waals surface area contributed by atoms with E-state index in [0.717, 1.165) is 0 Å². The number of hydrogen-bond donors (Lipinski definition) is 2. The fraction of sp³-hybridized carbons (Fsp3) is 0.786. The molecule has 0 fully saturated rings. The quantitative estimate of drug-likeness (QED) is 0.428. The van der Waals surface area contributed by atoms with Gasteiger partial charge in [-0.25, -0.2) is 0 Å². The zero-order chi connectivity index (χ0) is 16.6. The van der Waals surface area contributed by atoms with Crippen molar-refractivity contribution in [3.63, 3.8) is 0 Å². The monoisotopic (exact) mass is 322 g/mol. The molecule has 0 aliphatic carbocycles. The van der Waals surface area contributed by atoms with Crippen molar-refractivity contribution in [2.45, 2.75) is 20.3 Å². The van der Waals surface area contributed by atoms with Gasteiger partial charge in [0.15, 0.2) is 5.78 Å². The highest BCUT2D eigenvalue weighted by Crippen LogP contribution is 1.83. The summed E-state index contributed by atoms with van der Waals surface area (Å²) in [5, 5.41) is 5.19. The molecule has 2 N–H and O–H groups in total. The standard InChI is InChI=1S/C14H26N2O6.2H2/c1-3-12(17)9-21-7-5-16-14(19)11-22-8-6-15-13(18)10-20-4-2;;/h3-11H2,1-2H3,(H,15,18)(H,16,19);2*1H. The third-order valence-corrected chi connectivity index (χ3v) is 2.46. The van der Waals surface area contributed by atoms with Gasteiger partial charge in [0, 0.05) is 29.0 Å². The zero-order valence-electron chi connectivity index (χ0n) is 13.3. The van der Waals surface area contributed by atoms with Crippen molar-refractivity contribution >= 4 is 17.6 Å². The normalized spacial score (nSPS) is 10.3. The third-order valence-electron chi connectivity index (χ3n) is 2.46. The Bertz CT molecular complexity index is 345. The number of amides is 2. The molecule has 132 valence electrons. The molecule has 0 aromatic heterocycles. The van der Waals surface area contributed by atoms with E-state index in [-0.39, 0.29) is 53.5 Å². The minimum Gasteiger partial charge on any atom is -0.372 e. The number of carbonyl (C=O) groups is 3. The number of rotatable bonds is 14. The summed E-state index contributed by atoms with van der Waals surface area (Å²) >= 11 is 0. The first-order valence-corrected chi connectivity index (χ1v) is 7.38. The predicted molar refractivity (Wildman–Crippen MR) is 83.7 cm³/mol. The van der Waals surface area contributed by atoms with E-state index in [1.54, 1.807) is 6.92 Å². The van der Waals surface area contributed by atoms with Gasteiger partial charge in [-0.3, -0.25) is 14.4 Å². The van der Waals surface area contributed by atoms with Crippen molar-refractivity contribution in [2.75, 3.05) is 52.7 Å². The molecule has 0 rings (SSSR count). The molecule has 0 spiro atoms.